The molecule has 4 nitrogen and oxygen atoms in total. The van der Waals surface area contributed by atoms with Crippen molar-refractivity contribution >= 4 is 41.4 Å². The van der Waals surface area contributed by atoms with E-state index in [0.29, 0.717) is 15.6 Å². The smallest absolute Gasteiger partial charge is 0.216 e. The third kappa shape index (κ3) is 2.83. The van der Waals surface area contributed by atoms with E-state index in [1.54, 1.807) is 22.2 Å². The Morgan fingerprint density at radius 2 is 2.19 bits per heavy atom. The van der Waals surface area contributed by atoms with Crippen LogP contribution in [0.4, 0.5) is 0 Å². The highest BCUT2D eigenvalue weighted by atomic mass is 35.5. The molecule has 0 spiro atoms. The number of nitrogens with zero attached hydrogens (tertiary/aromatic N) is 3. The minimum atomic E-state index is 0.426. The minimum Gasteiger partial charge on any atom is -0.250 e. The van der Waals surface area contributed by atoms with Gasteiger partial charge in [-0.1, -0.05) is 23.7 Å². The molecule has 1 N–H and O–H groups in total. The first kappa shape index (κ1) is 14.2. The molecule has 0 saturated carbocycles. The van der Waals surface area contributed by atoms with Crippen LogP contribution < -0.4 is 0 Å². The Labute approximate surface area is 135 Å². The quantitative estimate of drug-likeness (QED) is 0.565. The van der Waals surface area contributed by atoms with Gasteiger partial charge >= 0.3 is 0 Å². The lowest BCUT2D eigenvalue weighted by Gasteiger charge is -2.02. The number of rotatable bonds is 3. The van der Waals surface area contributed by atoms with E-state index in [1.165, 1.54) is 5.56 Å². The second kappa shape index (κ2) is 5.93. The van der Waals surface area contributed by atoms with E-state index in [4.69, 9.17) is 23.8 Å². The number of nitrogens with one attached hydrogen (secondary N) is 1. The summed E-state index contributed by atoms with van der Waals surface area (Å²) in [7, 11) is 0. The Balaban J connectivity index is 2.07. The van der Waals surface area contributed by atoms with Crippen molar-refractivity contribution in [3.63, 3.8) is 0 Å². The van der Waals surface area contributed by atoms with Gasteiger partial charge in [-0.2, -0.15) is 14.9 Å². The second-order valence-corrected chi connectivity index (χ2v) is 6.10. The zero-order valence-corrected chi connectivity index (χ0v) is 13.5. The molecule has 3 aromatic rings. The molecule has 3 rings (SSSR count). The Kier molecular flexibility index (Phi) is 4.01. The SMILES string of the molecule is Cc1ccsc1/C=N/n1c(-c2ccccc2Cl)n[nH]c1=S. The standard InChI is InChI=1S/C14H11ClN4S2/c1-9-6-7-21-12(9)8-16-19-13(17-18-14(19)20)10-4-2-3-5-11(10)15/h2-8H,1H3,(H,18,20)/b16-8+. The van der Waals surface area contributed by atoms with Gasteiger partial charge in [0.15, 0.2) is 5.82 Å². The number of H-pyrrole nitrogens is 1. The highest BCUT2D eigenvalue weighted by Gasteiger charge is 2.11. The highest BCUT2D eigenvalue weighted by molar-refractivity contribution is 7.71. The fourth-order valence-corrected chi connectivity index (χ4v) is 3.02. The minimum absolute atomic E-state index is 0.426. The summed E-state index contributed by atoms with van der Waals surface area (Å²) < 4.78 is 2.01. The second-order valence-electron chi connectivity index (χ2n) is 4.36. The van der Waals surface area contributed by atoms with Gasteiger partial charge in [-0.15, -0.1) is 11.3 Å². The summed E-state index contributed by atoms with van der Waals surface area (Å²) in [6.45, 7) is 2.04. The highest BCUT2D eigenvalue weighted by Crippen LogP contribution is 2.26. The number of aromatic nitrogens is 3. The van der Waals surface area contributed by atoms with E-state index in [1.807, 2.05) is 36.6 Å². The van der Waals surface area contributed by atoms with Crippen LogP contribution >= 0.6 is 35.2 Å². The fraction of sp³-hybridized carbons (Fsp3) is 0.0714. The van der Waals surface area contributed by atoms with Crippen LogP contribution in [-0.4, -0.2) is 21.1 Å². The predicted octanol–water partition coefficient (Wildman–Crippen LogP) is 4.51. The van der Waals surface area contributed by atoms with E-state index in [0.717, 1.165) is 10.4 Å². The Morgan fingerprint density at radius 1 is 1.38 bits per heavy atom. The van der Waals surface area contributed by atoms with Gasteiger partial charge < -0.3 is 0 Å². The number of aryl methyl sites for hydroxylation is 1. The average molecular weight is 335 g/mol. The molecule has 0 aliphatic carbocycles. The molecule has 0 bridgehead atoms. The maximum absolute atomic E-state index is 6.21. The van der Waals surface area contributed by atoms with Crippen LogP contribution in [-0.2, 0) is 0 Å². The molecule has 0 atom stereocenters. The lowest BCUT2D eigenvalue weighted by atomic mass is 10.2. The van der Waals surface area contributed by atoms with Crippen LogP contribution in [0.1, 0.15) is 10.4 Å². The van der Waals surface area contributed by atoms with Crippen LogP contribution in [0.3, 0.4) is 0 Å². The first-order chi connectivity index (χ1) is 10.2. The van der Waals surface area contributed by atoms with E-state index in [9.17, 15) is 0 Å². The normalized spacial score (nSPS) is 11.3. The van der Waals surface area contributed by atoms with E-state index < -0.39 is 0 Å². The van der Waals surface area contributed by atoms with Gasteiger partial charge in [-0.05, 0) is 48.3 Å². The molecule has 0 unspecified atom stereocenters. The summed E-state index contributed by atoms with van der Waals surface area (Å²) in [5.41, 5.74) is 1.96. The zero-order valence-electron chi connectivity index (χ0n) is 11.1. The van der Waals surface area contributed by atoms with Gasteiger partial charge in [0, 0.05) is 5.56 Å². The molecule has 2 aromatic heterocycles. The average Bonchev–Trinajstić information content (AvgIpc) is 3.04. The number of aromatic amines is 1. The lowest BCUT2D eigenvalue weighted by Crippen LogP contribution is -1.95. The monoisotopic (exact) mass is 334 g/mol. The van der Waals surface area contributed by atoms with Crippen molar-refractivity contribution in [1.82, 2.24) is 14.9 Å². The molecular formula is C14H11ClN4S2. The van der Waals surface area contributed by atoms with Crippen molar-refractivity contribution in [3.05, 3.63) is 55.9 Å². The van der Waals surface area contributed by atoms with Crippen LogP contribution in [0.2, 0.25) is 5.02 Å². The molecule has 0 radical (unpaired) electrons. The van der Waals surface area contributed by atoms with Crippen LogP contribution in [0, 0.1) is 11.7 Å². The summed E-state index contributed by atoms with van der Waals surface area (Å²) >= 11 is 13.1. The number of thiophene rings is 1. The molecule has 1 aromatic carbocycles. The van der Waals surface area contributed by atoms with Crippen LogP contribution in [0.15, 0.2) is 40.8 Å². The maximum Gasteiger partial charge on any atom is 0.216 e. The molecule has 7 heteroatoms. The molecule has 0 amide bonds. The van der Waals surface area contributed by atoms with Crippen LogP contribution in [0.5, 0.6) is 0 Å². The van der Waals surface area contributed by atoms with Crippen molar-refractivity contribution in [2.24, 2.45) is 5.10 Å². The molecule has 106 valence electrons. The van der Waals surface area contributed by atoms with Crippen LogP contribution in [0.25, 0.3) is 11.4 Å². The van der Waals surface area contributed by atoms with E-state index >= 15 is 0 Å². The summed E-state index contributed by atoms with van der Waals surface area (Å²) in [5.74, 6) is 0.594. The van der Waals surface area contributed by atoms with Crippen molar-refractivity contribution < 1.29 is 0 Å². The van der Waals surface area contributed by atoms with Crippen molar-refractivity contribution in [3.8, 4) is 11.4 Å². The topological polar surface area (TPSA) is 46.0 Å². The largest absolute Gasteiger partial charge is 0.250 e. The van der Waals surface area contributed by atoms with Crippen molar-refractivity contribution in [2.75, 3.05) is 0 Å². The lowest BCUT2D eigenvalue weighted by molar-refractivity contribution is 0.872. The zero-order chi connectivity index (χ0) is 14.8. The molecule has 21 heavy (non-hydrogen) atoms. The maximum atomic E-state index is 6.21. The molecule has 0 aliphatic heterocycles. The summed E-state index contributed by atoms with van der Waals surface area (Å²) in [5, 5.41) is 14.0. The predicted molar refractivity (Wildman–Crippen MR) is 89.9 cm³/mol. The molecular weight excluding hydrogens is 324 g/mol. The number of benzene rings is 1. The van der Waals surface area contributed by atoms with E-state index in [2.05, 4.69) is 21.4 Å². The third-order valence-corrected chi connectivity index (χ3v) is 4.50. The Morgan fingerprint density at radius 3 is 2.90 bits per heavy atom. The Bertz CT molecular complexity index is 860. The van der Waals surface area contributed by atoms with Gasteiger partial charge in [-0.25, -0.2) is 5.10 Å². The third-order valence-electron chi connectivity index (χ3n) is 2.96. The van der Waals surface area contributed by atoms with E-state index in [-0.39, 0.29) is 0 Å². The first-order valence-electron chi connectivity index (χ1n) is 6.17. The van der Waals surface area contributed by atoms with Gasteiger partial charge in [0.05, 0.1) is 16.1 Å². The number of hydrogen-bond acceptors (Lipinski definition) is 4. The number of hydrogen-bond donors (Lipinski definition) is 1. The van der Waals surface area contributed by atoms with Gasteiger partial charge in [0.1, 0.15) is 0 Å². The molecule has 0 saturated heterocycles. The molecule has 0 aliphatic rings. The number of halogens is 1. The summed E-state index contributed by atoms with van der Waals surface area (Å²) in [6.07, 6.45) is 1.78. The van der Waals surface area contributed by atoms with Gasteiger partial charge in [0.2, 0.25) is 4.77 Å². The van der Waals surface area contributed by atoms with Crippen molar-refractivity contribution in [2.45, 2.75) is 6.92 Å². The fourth-order valence-electron chi connectivity index (χ4n) is 1.84. The van der Waals surface area contributed by atoms with Gasteiger partial charge in [-0.3, -0.25) is 0 Å². The molecule has 0 fully saturated rings. The summed E-state index contributed by atoms with van der Waals surface area (Å²) in [6, 6.07) is 9.52. The first-order valence-corrected chi connectivity index (χ1v) is 7.84. The summed E-state index contributed by atoms with van der Waals surface area (Å²) in [4.78, 5) is 1.09. The van der Waals surface area contributed by atoms with Crippen molar-refractivity contribution in [1.29, 1.82) is 0 Å². The van der Waals surface area contributed by atoms with Gasteiger partial charge in [0.25, 0.3) is 0 Å². The molecule has 2 heterocycles. The Hall–Kier alpha value is -1.76.